The van der Waals surface area contributed by atoms with Gasteiger partial charge in [0, 0.05) is 16.7 Å². The number of para-hydroxylation sites is 1. The average Bonchev–Trinajstić information content (AvgIpc) is 3.05. The molecule has 28 heavy (non-hydrogen) atoms. The lowest BCUT2D eigenvalue weighted by Crippen LogP contribution is -1.92. The lowest BCUT2D eigenvalue weighted by Gasteiger charge is -2.08. The van der Waals surface area contributed by atoms with Crippen LogP contribution < -0.4 is 4.74 Å². The molecule has 2 aromatic carbocycles. The molecule has 5 heteroatoms. The summed E-state index contributed by atoms with van der Waals surface area (Å²) in [6.07, 6.45) is 1.74. The summed E-state index contributed by atoms with van der Waals surface area (Å²) in [5, 5.41) is 38.0. The van der Waals surface area contributed by atoms with E-state index in [0.717, 1.165) is 0 Å². The number of benzene rings is 2. The Hall–Kier alpha value is -4.58. The van der Waals surface area contributed by atoms with Gasteiger partial charge < -0.3 is 4.74 Å². The van der Waals surface area contributed by atoms with E-state index in [2.05, 4.69) is 0 Å². The zero-order valence-electron chi connectivity index (χ0n) is 14.9. The van der Waals surface area contributed by atoms with Crippen molar-refractivity contribution in [2.75, 3.05) is 7.11 Å². The summed E-state index contributed by atoms with van der Waals surface area (Å²) >= 11 is 0. The van der Waals surface area contributed by atoms with Crippen LogP contribution in [0, 0.1) is 45.3 Å². The maximum Gasteiger partial charge on any atom is 0.138 e. The maximum absolute atomic E-state index is 9.51. The van der Waals surface area contributed by atoms with E-state index >= 15 is 0 Å². The van der Waals surface area contributed by atoms with Crippen LogP contribution >= 0.6 is 0 Å². The molecule has 0 heterocycles. The van der Waals surface area contributed by atoms with Crippen molar-refractivity contribution in [3.63, 3.8) is 0 Å². The molecule has 0 fully saturated rings. The molecule has 0 saturated heterocycles. The van der Waals surface area contributed by atoms with Gasteiger partial charge in [0.15, 0.2) is 0 Å². The standard InChI is InChI=1S/C23H12N4O/c1-28-21-9-5-2-6-15(21)10-20-22(16(11-24)12-25)18-7-3-4-8-19(18)23(20)17(13-26)14-27/h2-10H,1H3. The number of allylic oxidation sites excluding steroid dienone is 5. The second-order valence-corrected chi connectivity index (χ2v) is 5.79. The number of nitrogens with zero attached hydrogens (tertiary/aromatic N) is 4. The van der Waals surface area contributed by atoms with Crippen LogP contribution in [0.2, 0.25) is 0 Å². The van der Waals surface area contributed by atoms with Gasteiger partial charge >= 0.3 is 0 Å². The summed E-state index contributed by atoms with van der Waals surface area (Å²) in [5.74, 6) is 0.593. The lowest BCUT2D eigenvalue weighted by molar-refractivity contribution is 0.414. The minimum absolute atomic E-state index is 0.0844. The van der Waals surface area contributed by atoms with Gasteiger partial charge in [-0.15, -0.1) is 0 Å². The highest BCUT2D eigenvalue weighted by Gasteiger charge is 2.32. The van der Waals surface area contributed by atoms with E-state index in [0.29, 0.717) is 39.2 Å². The fourth-order valence-corrected chi connectivity index (χ4v) is 3.23. The summed E-state index contributed by atoms with van der Waals surface area (Å²) in [5.41, 5.74) is 3.10. The van der Waals surface area contributed by atoms with Crippen molar-refractivity contribution in [1.82, 2.24) is 0 Å². The normalized spacial score (nSPS) is 11.4. The summed E-state index contributed by atoms with van der Waals surface area (Å²) < 4.78 is 5.39. The van der Waals surface area contributed by atoms with Gasteiger partial charge in [-0.25, -0.2) is 0 Å². The lowest BCUT2D eigenvalue weighted by atomic mass is 9.94. The number of hydrogen-bond donors (Lipinski definition) is 0. The maximum atomic E-state index is 9.51. The first-order valence-electron chi connectivity index (χ1n) is 8.24. The van der Waals surface area contributed by atoms with E-state index in [4.69, 9.17) is 4.74 Å². The van der Waals surface area contributed by atoms with E-state index in [1.54, 1.807) is 43.5 Å². The van der Waals surface area contributed by atoms with Crippen molar-refractivity contribution in [3.05, 3.63) is 81.9 Å². The molecule has 1 aliphatic carbocycles. The molecule has 0 atom stereocenters. The van der Waals surface area contributed by atoms with Crippen molar-refractivity contribution >= 4 is 17.2 Å². The first-order chi connectivity index (χ1) is 13.7. The van der Waals surface area contributed by atoms with Crippen molar-refractivity contribution in [2.24, 2.45) is 0 Å². The number of ether oxygens (including phenoxy) is 1. The van der Waals surface area contributed by atoms with Crippen LogP contribution in [0.4, 0.5) is 0 Å². The van der Waals surface area contributed by atoms with E-state index in [-0.39, 0.29) is 11.1 Å². The first kappa shape index (κ1) is 18.2. The second-order valence-electron chi connectivity index (χ2n) is 5.79. The highest BCUT2D eigenvalue weighted by molar-refractivity contribution is 6.15. The number of nitriles is 4. The summed E-state index contributed by atoms with van der Waals surface area (Å²) in [6, 6.07) is 22.1. The predicted octanol–water partition coefficient (Wildman–Crippen LogP) is 4.39. The Balaban J connectivity index is 2.49. The molecular formula is C23H12N4O. The van der Waals surface area contributed by atoms with Crippen molar-refractivity contribution in [2.45, 2.75) is 0 Å². The zero-order valence-corrected chi connectivity index (χ0v) is 14.9. The Labute approximate surface area is 162 Å². The van der Waals surface area contributed by atoms with Gasteiger partial charge in [0.25, 0.3) is 0 Å². The van der Waals surface area contributed by atoms with Crippen LogP contribution in [0.3, 0.4) is 0 Å². The molecule has 0 radical (unpaired) electrons. The Kier molecular flexibility index (Phi) is 5.05. The van der Waals surface area contributed by atoms with Gasteiger partial charge in [0.2, 0.25) is 0 Å². The van der Waals surface area contributed by atoms with Crippen LogP contribution in [0.1, 0.15) is 16.7 Å². The van der Waals surface area contributed by atoms with Crippen LogP contribution in [-0.2, 0) is 0 Å². The van der Waals surface area contributed by atoms with Crippen molar-refractivity contribution in [1.29, 1.82) is 21.0 Å². The van der Waals surface area contributed by atoms with E-state index < -0.39 is 0 Å². The monoisotopic (exact) mass is 360 g/mol. The number of fused-ring (bicyclic) bond motifs is 1. The summed E-state index contributed by atoms with van der Waals surface area (Å²) in [6.45, 7) is 0. The molecule has 0 aromatic heterocycles. The predicted molar refractivity (Wildman–Crippen MR) is 104 cm³/mol. The van der Waals surface area contributed by atoms with Crippen molar-refractivity contribution < 1.29 is 4.74 Å². The fraction of sp³-hybridized carbons (Fsp3) is 0.0435. The average molecular weight is 360 g/mol. The molecule has 0 saturated carbocycles. The van der Waals surface area contributed by atoms with E-state index in [1.807, 2.05) is 42.5 Å². The molecule has 0 N–H and O–H groups in total. The molecule has 0 amide bonds. The van der Waals surface area contributed by atoms with E-state index in [1.165, 1.54) is 0 Å². The Morgan fingerprint density at radius 1 is 0.750 bits per heavy atom. The number of hydrogen-bond acceptors (Lipinski definition) is 5. The molecule has 0 bridgehead atoms. The summed E-state index contributed by atoms with van der Waals surface area (Å²) in [4.78, 5) is 0. The topological polar surface area (TPSA) is 104 Å². The third kappa shape index (κ3) is 2.91. The molecule has 0 aliphatic heterocycles. The molecule has 5 nitrogen and oxygen atoms in total. The van der Waals surface area contributed by atoms with E-state index in [9.17, 15) is 21.0 Å². The highest BCUT2D eigenvalue weighted by Crippen LogP contribution is 2.48. The van der Waals surface area contributed by atoms with Gasteiger partial charge in [0.1, 0.15) is 41.2 Å². The largest absolute Gasteiger partial charge is 0.496 e. The molecule has 1 aliphatic rings. The molecule has 0 spiro atoms. The SMILES string of the molecule is COc1ccccc1C=C1C(=C(C#N)C#N)c2ccccc2C1=C(C#N)C#N. The minimum Gasteiger partial charge on any atom is -0.496 e. The van der Waals surface area contributed by atoms with Gasteiger partial charge in [-0.05, 0) is 28.8 Å². The molecule has 130 valence electrons. The summed E-state index contributed by atoms with van der Waals surface area (Å²) in [7, 11) is 1.54. The van der Waals surface area contributed by atoms with Crippen LogP contribution in [0.5, 0.6) is 5.75 Å². The number of methoxy groups -OCH3 is 1. The Morgan fingerprint density at radius 2 is 1.21 bits per heavy atom. The molecule has 2 aromatic rings. The second kappa shape index (κ2) is 7.76. The quantitative estimate of drug-likeness (QED) is 0.738. The van der Waals surface area contributed by atoms with Gasteiger partial charge in [-0.3, -0.25) is 0 Å². The minimum atomic E-state index is -0.0844. The Morgan fingerprint density at radius 3 is 1.68 bits per heavy atom. The van der Waals surface area contributed by atoms with Crippen LogP contribution in [0.15, 0.2) is 65.3 Å². The molecule has 0 unspecified atom stereocenters. The third-order valence-electron chi connectivity index (χ3n) is 4.39. The molecule has 3 rings (SSSR count). The molecular weight excluding hydrogens is 348 g/mol. The van der Waals surface area contributed by atoms with Gasteiger partial charge in [-0.2, -0.15) is 21.0 Å². The van der Waals surface area contributed by atoms with Crippen LogP contribution in [0.25, 0.3) is 17.2 Å². The Bertz CT molecular complexity index is 1130. The number of rotatable bonds is 2. The third-order valence-corrected chi connectivity index (χ3v) is 4.39. The van der Waals surface area contributed by atoms with Gasteiger partial charge in [-0.1, -0.05) is 42.5 Å². The first-order valence-corrected chi connectivity index (χ1v) is 8.24. The zero-order chi connectivity index (χ0) is 20.1. The van der Waals surface area contributed by atoms with Gasteiger partial charge in [0.05, 0.1) is 7.11 Å². The van der Waals surface area contributed by atoms with Crippen LogP contribution in [-0.4, -0.2) is 7.11 Å². The smallest absolute Gasteiger partial charge is 0.138 e. The van der Waals surface area contributed by atoms with Crippen molar-refractivity contribution in [3.8, 4) is 30.0 Å². The fourth-order valence-electron chi connectivity index (χ4n) is 3.23. The highest BCUT2D eigenvalue weighted by atomic mass is 16.5.